The Labute approximate surface area is 61.2 Å². The minimum atomic E-state index is -4.02. The van der Waals surface area contributed by atoms with Crippen molar-refractivity contribution in [3.05, 3.63) is 0 Å². The van der Waals surface area contributed by atoms with Gasteiger partial charge in [0.25, 0.3) is 10.1 Å². The molecule has 4 nitrogen and oxygen atoms in total. The molecule has 3 N–H and O–H groups in total. The molecule has 0 aromatic rings. The molecule has 0 aliphatic carbocycles. The zero-order valence-corrected chi connectivity index (χ0v) is 6.93. The van der Waals surface area contributed by atoms with E-state index in [2.05, 4.69) is 0 Å². The van der Waals surface area contributed by atoms with Crippen LogP contribution in [0, 0.1) is 5.92 Å². The first kappa shape index (κ1) is 9.87. The first-order chi connectivity index (χ1) is 4.34. The van der Waals surface area contributed by atoms with Crippen LogP contribution >= 0.6 is 0 Å². The highest BCUT2D eigenvalue weighted by Gasteiger charge is 2.18. The van der Waals surface area contributed by atoms with E-state index in [0.29, 0.717) is 6.42 Å². The quantitative estimate of drug-likeness (QED) is 0.588. The van der Waals surface area contributed by atoms with Gasteiger partial charge in [0.05, 0.1) is 0 Å². The zero-order valence-electron chi connectivity index (χ0n) is 6.11. The second-order valence-corrected chi connectivity index (χ2v) is 4.32. The van der Waals surface area contributed by atoms with Crippen molar-refractivity contribution in [1.29, 1.82) is 0 Å². The number of hydrogen-bond donors (Lipinski definition) is 2. The Bertz CT molecular complexity index is 185. The van der Waals surface area contributed by atoms with Crippen LogP contribution in [-0.4, -0.2) is 18.3 Å². The average molecular weight is 167 g/mol. The summed E-state index contributed by atoms with van der Waals surface area (Å²) >= 11 is 0. The van der Waals surface area contributed by atoms with Gasteiger partial charge in [0, 0.05) is 0 Å². The minimum Gasteiger partial charge on any atom is -0.313 e. The van der Waals surface area contributed by atoms with Crippen LogP contribution in [0.5, 0.6) is 0 Å². The monoisotopic (exact) mass is 167 g/mol. The van der Waals surface area contributed by atoms with Crippen molar-refractivity contribution < 1.29 is 13.0 Å². The van der Waals surface area contributed by atoms with E-state index in [1.54, 1.807) is 0 Å². The van der Waals surface area contributed by atoms with Crippen molar-refractivity contribution in [2.75, 3.05) is 0 Å². The van der Waals surface area contributed by atoms with E-state index >= 15 is 0 Å². The molecule has 10 heavy (non-hydrogen) atoms. The highest BCUT2D eigenvalue weighted by Crippen LogP contribution is 2.06. The van der Waals surface area contributed by atoms with Crippen molar-refractivity contribution >= 4 is 10.1 Å². The molecule has 0 heterocycles. The SMILES string of the molecule is CC(C)C[C@H](N)S(=O)(=O)O. The lowest BCUT2D eigenvalue weighted by molar-refractivity contribution is 0.448. The van der Waals surface area contributed by atoms with Crippen molar-refractivity contribution in [1.82, 2.24) is 0 Å². The van der Waals surface area contributed by atoms with Gasteiger partial charge in [0.1, 0.15) is 5.37 Å². The summed E-state index contributed by atoms with van der Waals surface area (Å²) in [5.74, 6) is 0.178. The molecule has 0 aliphatic rings. The molecule has 0 amide bonds. The van der Waals surface area contributed by atoms with Gasteiger partial charge < -0.3 is 5.73 Å². The Morgan fingerprint density at radius 3 is 2.00 bits per heavy atom. The molecule has 0 spiro atoms. The molecule has 1 atom stereocenters. The zero-order chi connectivity index (χ0) is 8.36. The van der Waals surface area contributed by atoms with E-state index in [1.165, 1.54) is 0 Å². The van der Waals surface area contributed by atoms with Crippen LogP contribution in [-0.2, 0) is 10.1 Å². The van der Waals surface area contributed by atoms with E-state index < -0.39 is 15.5 Å². The van der Waals surface area contributed by atoms with Crippen LogP contribution < -0.4 is 5.73 Å². The lowest BCUT2D eigenvalue weighted by Gasteiger charge is -2.09. The largest absolute Gasteiger partial charge is 0.313 e. The summed E-state index contributed by atoms with van der Waals surface area (Å²) < 4.78 is 29.0. The second kappa shape index (κ2) is 3.32. The highest BCUT2D eigenvalue weighted by atomic mass is 32.2. The van der Waals surface area contributed by atoms with Gasteiger partial charge in [0.15, 0.2) is 0 Å². The van der Waals surface area contributed by atoms with Crippen molar-refractivity contribution in [3.63, 3.8) is 0 Å². The van der Waals surface area contributed by atoms with E-state index in [9.17, 15) is 8.42 Å². The van der Waals surface area contributed by atoms with Gasteiger partial charge in [-0.05, 0) is 12.3 Å². The molecule has 0 fully saturated rings. The second-order valence-electron chi connectivity index (χ2n) is 2.68. The van der Waals surface area contributed by atoms with Gasteiger partial charge in [-0.1, -0.05) is 13.8 Å². The Kier molecular flexibility index (Phi) is 3.27. The minimum absolute atomic E-state index is 0.178. The molecule has 0 saturated carbocycles. The number of hydrogen-bond acceptors (Lipinski definition) is 3. The van der Waals surface area contributed by atoms with Crippen LogP contribution in [0.4, 0.5) is 0 Å². The van der Waals surface area contributed by atoms with Crippen molar-refractivity contribution in [3.8, 4) is 0 Å². The molecule has 0 unspecified atom stereocenters. The van der Waals surface area contributed by atoms with E-state index in [0.717, 1.165) is 0 Å². The predicted molar refractivity (Wildman–Crippen MR) is 39.0 cm³/mol. The smallest absolute Gasteiger partial charge is 0.280 e. The third-order valence-electron chi connectivity index (χ3n) is 1.09. The van der Waals surface area contributed by atoms with Crippen molar-refractivity contribution in [2.45, 2.75) is 25.6 Å². The lowest BCUT2D eigenvalue weighted by Crippen LogP contribution is -2.31. The normalized spacial score (nSPS) is 15.7. The molecule has 0 bridgehead atoms. The fraction of sp³-hybridized carbons (Fsp3) is 1.00. The van der Waals surface area contributed by atoms with E-state index in [1.807, 2.05) is 13.8 Å². The molecule has 0 aromatic carbocycles. The fourth-order valence-corrected chi connectivity index (χ4v) is 1.21. The molecule has 0 saturated heterocycles. The molecule has 5 heteroatoms. The van der Waals surface area contributed by atoms with E-state index in [4.69, 9.17) is 10.3 Å². The summed E-state index contributed by atoms with van der Waals surface area (Å²) in [5, 5.41) is -1.13. The summed E-state index contributed by atoms with van der Waals surface area (Å²) in [6, 6.07) is 0. The van der Waals surface area contributed by atoms with Gasteiger partial charge >= 0.3 is 0 Å². The summed E-state index contributed by atoms with van der Waals surface area (Å²) in [7, 11) is -4.02. The average Bonchev–Trinajstić information content (AvgIpc) is 1.60. The van der Waals surface area contributed by atoms with Gasteiger partial charge in [-0.3, -0.25) is 4.55 Å². The number of nitrogens with two attached hydrogens (primary N) is 1. The van der Waals surface area contributed by atoms with E-state index in [-0.39, 0.29) is 5.92 Å². The molecular weight excluding hydrogens is 154 g/mol. The summed E-state index contributed by atoms with van der Waals surface area (Å²) in [6.45, 7) is 3.68. The molecule has 0 aliphatic heterocycles. The third-order valence-corrected chi connectivity index (χ3v) is 2.04. The van der Waals surface area contributed by atoms with Crippen molar-refractivity contribution in [2.24, 2.45) is 11.7 Å². The molecular formula is C5H13NO3S. The first-order valence-corrected chi connectivity index (χ1v) is 4.56. The fourth-order valence-electron chi connectivity index (χ4n) is 0.586. The van der Waals surface area contributed by atoms with Gasteiger partial charge in [-0.25, -0.2) is 0 Å². The Morgan fingerprint density at radius 1 is 1.50 bits per heavy atom. The van der Waals surface area contributed by atoms with Gasteiger partial charge in [0.2, 0.25) is 0 Å². The summed E-state index contributed by atoms with van der Waals surface area (Å²) in [6.07, 6.45) is 0.291. The van der Waals surface area contributed by atoms with Crippen LogP contribution in [0.15, 0.2) is 0 Å². The summed E-state index contributed by atoms with van der Waals surface area (Å²) in [5.41, 5.74) is 5.11. The van der Waals surface area contributed by atoms with Gasteiger partial charge in [-0.2, -0.15) is 8.42 Å². The summed E-state index contributed by atoms with van der Waals surface area (Å²) in [4.78, 5) is 0. The topological polar surface area (TPSA) is 80.4 Å². The standard InChI is InChI=1S/C5H13NO3S/c1-4(2)3-5(6)10(7,8)9/h4-5H,3,6H2,1-2H3,(H,7,8,9)/t5-/m1/s1. The van der Waals surface area contributed by atoms with Crippen LogP contribution in [0.25, 0.3) is 0 Å². The predicted octanol–water partition coefficient (Wildman–Crippen LogP) is 0.205. The Morgan fingerprint density at radius 2 is 1.90 bits per heavy atom. The Balaban J connectivity index is 3.99. The third kappa shape index (κ3) is 3.81. The maximum absolute atomic E-state index is 10.3. The lowest BCUT2D eigenvalue weighted by atomic mass is 10.1. The van der Waals surface area contributed by atoms with Gasteiger partial charge in [-0.15, -0.1) is 0 Å². The molecule has 62 valence electrons. The molecule has 0 rings (SSSR count). The molecule has 0 radical (unpaired) electrons. The maximum Gasteiger partial charge on any atom is 0.280 e. The van der Waals surface area contributed by atoms with Crippen LogP contribution in [0.3, 0.4) is 0 Å². The highest BCUT2D eigenvalue weighted by molar-refractivity contribution is 7.86. The number of rotatable bonds is 3. The first-order valence-electron chi connectivity index (χ1n) is 3.06. The molecule has 0 aromatic heterocycles. The maximum atomic E-state index is 10.3. The van der Waals surface area contributed by atoms with Crippen LogP contribution in [0.1, 0.15) is 20.3 Å². The Hall–Kier alpha value is -0.130. The van der Waals surface area contributed by atoms with Crippen LogP contribution in [0.2, 0.25) is 0 Å².